The van der Waals surface area contributed by atoms with Crippen LogP contribution in [0.2, 0.25) is 5.02 Å². The number of carbonyl (C=O) groups is 3. The van der Waals surface area contributed by atoms with Crippen LogP contribution in [-0.4, -0.2) is 85.8 Å². The van der Waals surface area contributed by atoms with Gasteiger partial charge in [0.2, 0.25) is 0 Å². The fourth-order valence-corrected chi connectivity index (χ4v) is 9.79. The van der Waals surface area contributed by atoms with Crippen LogP contribution in [0.25, 0.3) is 0 Å². The Bertz CT molecular complexity index is 2640. The van der Waals surface area contributed by atoms with E-state index in [1.54, 1.807) is 6.20 Å². The Morgan fingerprint density at radius 1 is 0.534 bits per heavy atom. The standard InChI is InChI=1S/C15H20BrFN2O2.C15H22FN3O2.C11H20O2.C5H2BrClFN.C5H2BrF2N.C5H3BrFN.C5H12.ClH.Li.H/c2*1-15(2,3)21-14(20)10-4-6-19(7-5-10)13-11(16)8-18-9-12(13)17;1-11(2,3)13-10(12)9-7-5-4-6-8-9;6-3-1-9-2-4(8)5(3)7;6-3-1-9-2-4(7)5(3)8;6-4-1-5(7)3-8-2-4;1-3-5-4-2;;;/h8-10H,4-7H2,1-3H3;8-10H,4-7,17H2,1-3H3;9H,4-8H2,1-3H3;2*1-2H;1-3H;3-5H2,1-2H3;1H;;/q;;;;;;;;+1;-1. The number of unbranched alkanes of at least 4 members (excludes halogenated alkanes) is 2. The molecule has 14 nitrogen and oxygen atoms in total. The molecule has 5 aromatic heterocycles. The average molecular weight is 1540 g/mol. The number of nitrogens with two attached hydrogens (primary N) is 1. The molecule has 27 heteroatoms. The van der Waals surface area contributed by atoms with E-state index in [4.69, 9.17) is 31.5 Å². The number of halogens is 12. The molecule has 488 valence electrons. The third-order valence-electron chi connectivity index (χ3n) is 12.1. The fourth-order valence-electron chi connectivity index (χ4n) is 8.19. The number of esters is 3. The van der Waals surface area contributed by atoms with Crippen molar-refractivity contribution in [2.75, 3.05) is 41.7 Å². The van der Waals surface area contributed by atoms with Crippen molar-refractivity contribution in [1.29, 1.82) is 0 Å². The first-order valence-electron chi connectivity index (χ1n) is 28.2. The summed E-state index contributed by atoms with van der Waals surface area (Å²) in [5.74, 6) is -3.83. The Kier molecular flexibility index (Phi) is 40.6. The molecule has 0 aromatic carbocycles. The summed E-state index contributed by atoms with van der Waals surface area (Å²) in [7, 11) is 0. The quantitative estimate of drug-likeness (QED) is 0.0705. The summed E-state index contributed by atoms with van der Waals surface area (Å²) >= 11 is 17.6. The summed E-state index contributed by atoms with van der Waals surface area (Å²) in [6.07, 6.45) is 25.0. The monoisotopic (exact) mass is 1530 g/mol. The van der Waals surface area contributed by atoms with E-state index in [2.05, 4.69) is 102 Å². The predicted molar refractivity (Wildman–Crippen MR) is 349 cm³/mol. The smallest absolute Gasteiger partial charge is 1.00 e. The zero-order chi connectivity index (χ0) is 65.0. The van der Waals surface area contributed by atoms with Crippen molar-refractivity contribution < 1.29 is 75.2 Å². The van der Waals surface area contributed by atoms with Crippen LogP contribution >= 0.6 is 87.7 Å². The molecule has 1 aliphatic carbocycles. The Morgan fingerprint density at radius 3 is 1.23 bits per heavy atom. The molecule has 2 N–H and O–H groups in total. The first kappa shape index (κ1) is 84.2. The molecule has 8 rings (SSSR count). The second-order valence-corrected chi connectivity index (χ2v) is 26.8. The molecule has 1 saturated carbocycles. The van der Waals surface area contributed by atoms with Crippen molar-refractivity contribution in [2.24, 2.45) is 17.8 Å². The minimum absolute atomic E-state index is 0. The zero-order valence-electron chi connectivity index (χ0n) is 53.1. The zero-order valence-corrected chi connectivity index (χ0v) is 60.0. The van der Waals surface area contributed by atoms with Crippen LogP contribution in [-0.2, 0) is 28.6 Å². The molecule has 0 bridgehead atoms. The molecule has 2 aliphatic heterocycles. The molecule has 2 saturated heterocycles. The van der Waals surface area contributed by atoms with Crippen molar-refractivity contribution in [3.05, 3.63) is 126 Å². The number of carbonyl (C=O) groups excluding carboxylic acids is 3. The van der Waals surface area contributed by atoms with Crippen molar-refractivity contribution in [3.8, 4) is 0 Å². The number of nitrogens with zero attached hydrogens (tertiary/aromatic N) is 7. The number of hydrogen-bond donors (Lipinski definition) is 1. The number of aromatic nitrogens is 5. The van der Waals surface area contributed by atoms with Gasteiger partial charge >= 0.3 is 36.8 Å². The third-order valence-corrected chi connectivity index (χ3v) is 14.9. The van der Waals surface area contributed by atoms with Crippen LogP contribution in [0.4, 0.5) is 43.4 Å². The van der Waals surface area contributed by atoms with Crippen LogP contribution in [0.1, 0.15) is 155 Å². The summed E-state index contributed by atoms with van der Waals surface area (Å²) in [6, 6.07) is 1.35. The van der Waals surface area contributed by atoms with Gasteiger partial charge in [0.15, 0.2) is 29.1 Å². The Labute approximate surface area is 573 Å². The maximum absolute atomic E-state index is 13.9. The summed E-state index contributed by atoms with van der Waals surface area (Å²) in [4.78, 5) is 57.5. The number of piperidine rings is 2. The average Bonchev–Trinajstić information content (AvgIpc) is 1.97. The first-order chi connectivity index (χ1) is 40.2. The minimum atomic E-state index is -0.940. The molecule has 7 heterocycles. The van der Waals surface area contributed by atoms with E-state index >= 15 is 0 Å². The van der Waals surface area contributed by atoms with Gasteiger partial charge in [-0.05, 0) is 171 Å². The molecule has 3 fully saturated rings. The molecular weight excluding hydrogens is 1450 g/mol. The molecular formula is C61H83Br4Cl2F6LiN8O6. The van der Waals surface area contributed by atoms with Gasteiger partial charge in [-0.2, -0.15) is 0 Å². The minimum Gasteiger partial charge on any atom is -1.00 e. The number of hydrogen-bond acceptors (Lipinski definition) is 14. The molecule has 0 radical (unpaired) electrons. The summed E-state index contributed by atoms with van der Waals surface area (Å²) < 4.78 is 94.5. The van der Waals surface area contributed by atoms with E-state index in [-0.39, 0.29) is 95.1 Å². The molecule has 5 aromatic rings. The molecule has 0 unspecified atom stereocenters. The third kappa shape index (κ3) is 33.5. The number of ether oxygens (including phenoxy) is 3. The van der Waals surface area contributed by atoms with Crippen molar-refractivity contribution in [3.63, 3.8) is 0 Å². The molecule has 0 spiro atoms. The molecule has 0 amide bonds. The number of rotatable bonds is 7. The second-order valence-electron chi connectivity index (χ2n) is 23.0. The van der Waals surface area contributed by atoms with Gasteiger partial charge in [0.25, 0.3) is 0 Å². The number of anilines is 3. The van der Waals surface area contributed by atoms with E-state index in [1.807, 2.05) is 72.1 Å². The molecule has 0 atom stereocenters. The van der Waals surface area contributed by atoms with E-state index in [9.17, 15) is 40.7 Å². The van der Waals surface area contributed by atoms with Gasteiger partial charge in [-0.25, -0.2) is 26.3 Å². The van der Waals surface area contributed by atoms with Crippen molar-refractivity contribution in [1.82, 2.24) is 24.9 Å². The fraction of sp³-hybridized carbons (Fsp3) is 0.541. The SMILES string of the molecule is CC(C)(C)OC(=O)C1CCCCC1.CC(C)(C)OC(=O)C1CCN(c2c(F)cncc2Br)CC1.CC(C)(C)OC(=O)C1CCN(c2c(N)cncc2F)CC1.CCCCC.Cl.Fc1cncc(Br)c1.Fc1cncc(Br)c1Cl.Fc1cncc(Br)c1F.[H-].[Li+]. The van der Waals surface area contributed by atoms with Gasteiger partial charge in [0.1, 0.15) is 22.6 Å². The van der Waals surface area contributed by atoms with Gasteiger partial charge in [-0.3, -0.25) is 39.3 Å². The largest absolute Gasteiger partial charge is 1.00 e. The number of nitrogen functional groups attached to an aromatic ring is 1. The van der Waals surface area contributed by atoms with Crippen LogP contribution in [0.3, 0.4) is 0 Å². The van der Waals surface area contributed by atoms with E-state index in [0.717, 1.165) is 37.6 Å². The first-order valence-corrected chi connectivity index (χ1v) is 31.7. The van der Waals surface area contributed by atoms with Gasteiger partial charge in [0, 0.05) is 55.4 Å². The van der Waals surface area contributed by atoms with Crippen molar-refractivity contribution >= 4 is 123 Å². The second kappa shape index (κ2) is 42.4. The molecule has 88 heavy (non-hydrogen) atoms. The summed E-state index contributed by atoms with van der Waals surface area (Å²) in [5.41, 5.74) is 5.76. The number of pyridine rings is 5. The van der Waals surface area contributed by atoms with E-state index in [1.165, 1.54) is 75.6 Å². The van der Waals surface area contributed by atoms with Gasteiger partial charge in [0.05, 0.1) is 90.4 Å². The van der Waals surface area contributed by atoms with Gasteiger partial charge in [-0.1, -0.05) is 64.0 Å². The topological polar surface area (TPSA) is 176 Å². The van der Waals surface area contributed by atoms with Crippen LogP contribution < -0.4 is 34.4 Å². The van der Waals surface area contributed by atoms with E-state index < -0.39 is 34.5 Å². The maximum atomic E-state index is 13.9. The Hall–Kier alpha value is -3.76. The van der Waals surface area contributed by atoms with Crippen LogP contribution in [0, 0.1) is 52.7 Å². The van der Waals surface area contributed by atoms with E-state index in [0.29, 0.717) is 82.3 Å². The van der Waals surface area contributed by atoms with Crippen LogP contribution in [0.15, 0.2) is 85.9 Å². The normalized spacial score (nSPS) is 14.3. The summed E-state index contributed by atoms with van der Waals surface area (Å²) in [5, 5.41) is 0.0741. The van der Waals surface area contributed by atoms with Crippen LogP contribution in [0.5, 0.6) is 0 Å². The van der Waals surface area contributed by atoms with Gasteiger partial charge in [-0.15, -0.1) is 12.4 Å². The van der Waals surface area contributed by atoms with Gasteiger partial charge < -0.3 is 31.2 Å². The predicted octanol–water partition coefficient (Wildman–Crippen LogP) is 15.3. The molecule has 3 aliphatic rings. The van der Waals surface area contributed by atoms with Crippen molar-refractivity contribution in [2.45, 2.75) is 170 Å². The maximum Gasteiger partial charge on any atom is 1.00 e. The Morgan fingerprint density at radius 2 is 0.898 bits per heavy atom. The summed E-state index contributed by atoms with van der Waals surface area (Å²) in [6.45, 7) is 23.8. The Balaban J connectivity index is 0.